The smallest absolute Gasteiger partial charge is 0.372 e. The maximum Gasteiger partial charge on any atom is 0.389 e. The van der Waals surface area contributed by atoms with Crippen LogP contribution in [0.25, 0.3) is 0 Å². The maximum atomic E-state index is 11.8. The molecule has 0 spiro atoms. The molecule has 3 N–H and O–H groups in total. The molecule has 1 aromatic carbocycles. The van der Waals surface area contributed by atoms with E-state index in [9.17, 15) is 18.0 Å². The van der Waals surface area contributed by atoms with Crippen LogP contribution in [0, 0.1) is 0 Å². The minimum absolute atomic E-state index is 0.0982. The zero-order chi connectivity index (χ0) is 15.0. The Hall–Kier alpha value is -1.60. The second kappa shape index (κ2) is 7.86. The summed E-state index contributed by atoms with van der Waals surface area (Å²) in [6.07, 6.45) is -5.24. The Morgan fingerprint density at radius 3 is 2.45 bits per heavy atom. The lowest BCUT2D eigenvalue weighted by Crippen LogP contribution is -2.19. The van der Waals surface area contributed by atoms with Gasteiger partial charge in [0.1, 0.15) is 6.61 Å². The zero-order valence-corrected chi connectivity index (χ0v) is 10.9. The van der Waals surface area contributed by atoms with Crippen LogP contribution < -0.4 is 11.1 Å². The van der Waals surface area contributed by atoms with E-state index in [1.807, 2.05) is 0 Å². The van der Waals surface area contributed by atoms with Gasteiger partial charge >= 0.3 is 6.18 Å². The van der Waals surface area contributed by atoms with Gasteiger partial charge < -0.3 is 15.8 Å². The largest absolute Gasteiger partial charge is 0.389 e. The molecule has 0 radical (unpaired) electrons. The summed E-state index contributed by atoms with van der Waals surface area (Å²) in [7, 11) is 0. The summed E-state index contributed by atoms with van der Waals surface area (Å²) in [5, 5.41) is 2.57. The number of ether oxygens (including phenoxy) is 1. The first-order valence-corrected chi connectivity index (χ1v) is 6.14. The fourth-order valence-corrected chi connectivity index (χ4v) is 1.46. The first-order valence-electron chi connectivity index (χ1n) is 6.14. The second-order valence-electron chi connectivity index (χ2n) is 4.22. The fourth-order valence-electron chi connectivity index (χ4n) is 1.46. The van der Waals surface area contributed by atoms with E-state index in [1.165, 1.54) is 0 Å². The SMILES string of the molecule is NCc1ccc(NC(=O)COCCCC(F)(F)F)cc1. The van der Waals surface area contributed by atoms with Crippen molar-refractivity contribution in [2.75, 3.05) is 18.5 Å². The molecule has 0 unspecified atom stereocenters. The highest BCUT2D eigenvalue weighted by molar-refractivity contribution is 5.91. The third-order valence-electron chi connectivity index (χ3n) is 2.46. The van der Waals surface area contributed by atoms with Crippen molar-refractivity contribution in [3.63, 3.8) is 0 Å². The minimum atomic E-state index is -4.18. The molecule has 0 fully saturated rings. The molecule has 1 rings (SSSR count). The highest BCUT2D eigenvalue weighted by Crippen LogP contribution is 2.20. The van der Waals surface area contributed by atoms with Crippen molar-refractivity contribution < 1.29 is 22.7 Å². The van der Waals surface area contributed by atoms with Crippen LogP contribution in [0.15, 0.2) is 24.3 Å². The first-order chi connectivity index (χ1) is 9.40. The van der Waals surface area contributed by atoms with E-state index in [4.69, 9.17) is 10.5 Å². The number of benzene rings is 1. The van der Waals surface area contributed by atoms with Gasteiger partial charge in [0.2, 0.25) is 5.91 Å². The molecule has 0 aliphatic heterocycles. The monoisotopic (exact) mass is 290 g/mol. The van der Waals surface area contributed by atoms with Crippen molar-refractivity contribution in [1.82, 2.24) is 0 Å². The molecule has 4 nitrogen and oxygen atoms in total. The summed E-state index contributed by atoms with van der Waals surface area (Å²) in [4.78, 5) is 11.4. The Morgan fingerprint density at radius 1 is 1.25 bits per heavy atom. The van der Waals surface area contributed by atoms with Gasteiger partial charge in [-0.25, -0.2) is 0 Å². The van der Waals surface area contributed by atoms with E-state index < -0.39 is 18.5 Å². The number of alkyl halides is 3. The number of carbonyl (C=O) groups is 1. The van der Waals surface area contributed by atoms with Crippen LogP contribution in [0.1, 0.15) is 18.4 Å². The van der Waals surface area contributed by atoms with E-state index in [-0.39, 0.29) is 19.6 Å². The maximum absolute atomic E-state index is 11.8. The molecule has 0 aromatic heterocycles. The van der Waals surface area contributed by atoms with E-state index >= 15 is 0 Å². The first kappa shape index (κ1) is 16.5. The van der Waals surface area contributed by atoms with Crippen molar-refractivity contribution >= 4 is 11.6 Å². The second-order valence-corrected chi connectivity index (χ2v) is 4.22. The summed E-state index contributed by atoms with van der Waals surface area (Å²) >= 11 is 0. The molecule has 0 heterocycles. The molecular formula is C13H17F3N2O2. The lowest BCUT2D eigenvalue weighted by molar-refractivity contribution is -0.138. The quantitative estimate of drug-likeness (QED) is 0.758. The van der Waals surface area contributed by atoms with Crippen molar-refractivity contribution in [1.29, 1.82) is 0 Å². The molecule has 0 aliphatic rings. The third kappa shape index (κ3) is 7.10. The van der Waals surface area contributed by atoms with Gasteiger partial charge in [0.25, 0.3) is 0 Å². The van der Waals surface area contributed by atoms with Gasteiger partial charge in [-0.3, -0.25) is 4.79 Å². The Morgan fingerprint density at radius 2 is 1.90 bits per heavy atom. The van der Waals surface area contributed by atoms with Crippen LogP contribution in [0.2, 0.25) is 0 Å². The van der Waals surface area contributed by atoms with Crippen LogP contribution in [0.3, 0.4) is 0 Å². The lowest BCUT2D eigenvalue weighted by Gasteiger charge is -2.08. The summed E-state index contributed by atoms with van der Waals surface area (Å²) in [6.45, 7) is 0.0477. The number of rotatable bonds is 7. The van der Waals surface area contributed by atoms with Crippen molar-refractivity contribution in [2.45, 2.75) is 25.6 Å². The lowest BCUT2D eigenvalue weighted by atomic mass is 10.2. The zero-order valence-electron chi connectivity index (χ0n) is 10.9. The number of nitrogens with one attached hydrogen (secondary N) is 1. The normalized spacial score (nSPS) is 11.4. The summed E-state index contributed by atoms with van der Waals surface area (Å²) < 4.78 is 40.4. The highest BCUT2D eigenvalue weighted by Gasteiger charge is 2.25. The molecule has 1 amide bonds. The molecular weight excluding hydrogens is 273 g/mol. The van der Waals surface area contributed by atoms with E-state index in [1.54, 1.807) is 24.3 Å². The predicted octanol–water partition coefficient (Wildman–Crippen LogP) is 2.44. The number of hydrogen-bond donors (Lipinski definition) is 2. The summed E-state index contributed by atoms with van der Waals surface area (Å²) in [5.41, 5.74) is 6.96. The predicted molar refractivity (Wildman–Crippen MR) is 69.1 cm³/mol. The average Bonchev–Trinajstić information content (AvgIpc) is 2.38. The van der Waals surface area contributed by atoms with Gasteiger partial charge in [0.05, 0.1) is 0 Å². The minimum Gasteiger partial charge on any atom is -0.372 e. The highest BCUT2D eigenvalue weighted by atomic mass is 19.4. The average molecular weight is 290 g/mol. The van der Waals surface area contributed by atoms with Crippen molar-refractivity contribution in [2.24, 2.45) is 5.73 Å². The number of amides is 1. The van der Waals surface area contributed by atoms with Crippen LogP contribution in [-0.2, 0) is 16.1 Å². The fraction of sp³-hybridized carbons (Fsp3) is 0.462. The summed E-state index contributed by atoms with van der Waals surface area (Å²) in [6, 6.07) is 6.95. The molecule has 0 bridgehead atoms. The number of anilines is 1. The Kier molecular flexibility index (Phi) is 6.47. The number of halogens is 3. The molecule has 112 valence electrons. The van der Waals surface area contributed by atoms with Gasteiger partial charge in [0, 0.05) is 25.3 Å². The molecule has 0 saturated heterocycles. The number of nitrogens with two attached hydrogens (primary N) is 1. The Labute approximate surface area is 115 Å². The van der Waals surface area contributed by atoms with Gasteiger partial charge in [-0.1, -0.05) is 12.1 Å². The molecule has 0 aliphatic carbocycles. The van der Waals surface area contributed by atoms with E-state index in [0.717, 1.165) is 5.56 Å². The van der Waals surface area contributed by atoms with Crippen molar-refractivity contribution in [3.8, 4) is 0 Å². The standard InChI is InChI=1S/C13H17F3N2O2/c14-13(15,16)6-1-7-20-9-12(19)18-11-4-2-10(8-17)3-5-11/h2-5H,1,6-9,17H2,(H,18,19). The number of carbonyl (C=O) groups excluding carboxylic acids is 1. The molecule has 0 saturated carbocycles. The molecule has 7 heteroatoms. The van der Waals surface area contributed by atoms with Crippen LogP contribution in [0.4, 0.5) is 18.9 Å². The van der Waals surface area contributed by atoms with E-state index in [0.29, 0.717) is 12.2 Å². The van der Waals surface area contributed by atoms with E-state index in [2.05, 4.69) is 5.32 Å². The molecule has 20 heavy (non-hydrogen) atoms. The Balaban J connectivity index is 2.19. The topological polar surface area (TPSA) is 64.3 Å². The van der Waals surface area contributed by atoms with Crippen molar-refractivity contribution in [3.05, 3.63) is 29.8 Å². The van der Waals surface area contributed by atoms with Crippen LogP contribution >= 0.6 is 0 Å². The van der Waals surface area contributed by atoms with Crippen LogP contribution in [-0.4, -0.2) is 25.3 Å². The third-order valence-corrected chi connectivity index (χ3v) is 2.46. The summed E-state index contributed by atoms with van der Waals surface area (Å²) in [5.74, 6) is -0.405. The van der Waals surface area contributed by atoms with Gasteiger partial charge in [-0.05, 0) is 24.1 Å². The van der Waals surface area contributed by atoms with Gasteiger partial charge in [0.15, 0.2) is 0 Å². The molecule has 0 atom stereocenters. The van der Waals surface area contributed by atoms with Crippen LogP contribution in [0.5, 0.6) is 0 Å². The Bertz CT molecular complexity index is 419. The molecule has 1 aromatic rings. The van der Waals surface area contributed by atoms with Gasteiger partial charge in [-0.2, -0.15) is 13.2 Å². The number of hydrogen-bond acceptors (Lipinski definition) is 3. The van der Waals surface area contributed by atoms with Gasteiger partial charge in [-0.15, -0.1) is 0 Å².